The number of halogens is 2. The van der Waals surface area contributed by atoms with Gasteiger partial charge in [-0.25, -0.2) is 9.67 Å². The number of nitrogens with zero attached hydrogens (tertiary/aromatic N) is 3. The van der Waals surface area contributed by atoms with E-state index in [0.29, 0.717) is 65.2 Å². The van der Waals surface area contributed by atoms with E-state index in [2.05, 4.69) is 15.7 Å². The summed E-state index contributed by atoms with van der Waals surface area (Å²) in [5, 5.41) is 20.8. The monoisotopic (exact) mass is 609 g/mol. The molecular formula is C30H29Cl2N5O5. The van der Waals surface area contributed by atoms with Gasteiger partial charge < -0.3 is 25.2 Å². The van der Waals surface area contributed by atoms with Gasteiger partial charge in [-0.05, 0) is 24.6 Å². The van der Waals surface area contributed by atoms with E-state index in [-0.39, 0.29) is 16.6 Å². The van der Waals surface area contributed by atoms with Gasteiger partial charge in [0.2, 0.25) is 5.88 Å². The molecule has 0 saturated carbocycles. The van der Waals surface area contributed by atoms with Gasteiger partial charge in [-0.1, -0.05) is 59.6 Å². The molecular weight excluding hydrogens is 581 g/mol. The number of pyridine rings is 1. The molecule has 3 N–H and O–H groups in total. The number of rotatable bonds is 8. The molecule has 12 heteroatoms. The quantitative estimate of drug-likeness (QED) is 0.269. The van der Waals surface area contributed by atoms with Crippen LogP contribution in [0.3, 0.4) is 0 Å². The molecule has 10 nitrogen and oxygen atoms in total. The zero-order valence-electron chi connectivity index (χ0n) is 22.9. The van der Waals surface area contributed by atoms with Crippen molar-refractivity contribution in [1.29, 1.82) is 0 Å². The topological polar surface area (TPSA) is 128 Å². The fourth-order valence-corrected chi connectivity index (χ4v) is 5.37. The number of aromatic nitrogens is 3. The van der Waals surface area contributed by atoms with Crippen LogP contribution in [0.1, 0.15) is 22.3 Å². The number of carbonyl (C=O) groups excluding carboxylic acids is 1. The van der Waals surface area contributed by atoms with Crippen LogP contribution < -0.4 is 20.9 Å². The third kappa shape index (κ3) is 6.18. The molecule has 2 aromatic carbocycles. The minimum Gasteiger partial charge on any atom is -0.481 e. The first-order valence-corrected chi connectivity index (χ1v) is 14.0. The first-order chi connectivity index (χ1) is 20.3. The van der Waals surface area contributed by atoms with Crippen molar-refractivity contribution in [2.75, 3.05) is 25.6 Å². The van der Waals surface area contributed by atoms with Gasteiger partial charge in [-0.2, -0.15) is 5.10 Å². The van der Waals surface area contributed by atoms with E-state index >= 15 is 0 Å². The molecule has 1 aliphatic heterocycles. The first kappa shape index (κ1) is 29.7. The van der Waals surface area contributed by atoms with Crippen molar-refractivity contribution in [1.82, 2.24) is 20.1 Å². The molecule has 218 valence electrons. The molecule has 1 fully saturated rings. The van der Waals surface area contributed by atoms with Crippen molar-refractivity contribution >= 4 is 34.8 Å². The zero-order valence-corrected chi connectivity index (χ0v) is 24.4. The summed E-state index contributed by atoms with van der Waals surface area (Å²) in [4.78, 5) is 29.9. The predicted molar refractivity (Wildman–Crippen MR) is 161 cm³/mol. The number of aliphatic hydroxyl groups excluding tert-OH is 1. The number of hydrogen-bond acceptors (Lipinski definition) is 8. The molecule has 0 aliphatic carbocycles. The highest BCUT2D eigenvalue weighted by molar-refractivity contribution is 6.39. The summed E-state index contributed by atoms with van der Waals surface area (Å²) in [5.41, 5.74) is 3.07. The number of carbonyl (C=O) groups is 1. The van der Waals surface area contributed by atoms with Gasteiger partial charge in [0.15, 0.2) is 0 Å². The van der Waals surface area contributed by atoms with E-state index in [1.807, 2.05) is 30.3 Å². The van der Waals surface area contributed by atoms with Gasteiger partial charge in [-0.3, -0.25) is 9.59 Å². The lowest BCUT2D eigenvalue weighted by Crippen LogP contribution is -2.46. The highest BCUT2D eigenvalue weighted by atomic mass is 35.5. The molecule has 1 saturated heterocycles. The van der Waals surface area contributed by atoms with Crippen LogP contribution in [0.15, 0.2) is 65.6 Å². The third-order valence-electron chi connectivity index (χ3n) is 7.08. The Morgan fingerprint density at radius 1 is 1.10 bits per heavy atom. The van der Waals surface area contributed by atoms with Gasteiger partial charge in [-0.15, -0.1) is 0 Å². The van der Waals surface area contributed by atoms with Crippen molar-refractivity contribution in [3.8, 4) is 28.3 Å². The highest BCUT2D eigenvalue weighted by Gasteiger charge is 2.24. The van der Waals surface area contributed by atoms with Gasteiger partial charge in [0.1, 0.15) is 5.56 Å². The van der Waals surface area contributed by atoms with E-state index in [4.69, 9.17) is 37.7 Å². The van der Waals surface area contributed by atoms with Crippen LogP contribution in [0, 0.1) is 0 Å². The van der Waals surface area contributed by atoms with Crippen molar-refractivity contribution in [3.63, 3.8) is 0 Å². The van der Waals surface area contributed by atoms with E-state index in [9.17, 15) is 14.7 Å². The second-order valence-corrected chi connectivity index (χ2v) is 10.5. The fraction of sp³-hybridized carbons (Fsp3) is 0.267. The maximum absolute atomic E-state index is 12.9. The van der Waals surface area contributed by atoms with Crippen LogP contribution in [0.25, 0.3) is 22.4 Å². The summed E-state index contributed by atoms with van der Waals surface area (Å²) in [7, 11) is 3.02. The Kier molecular flexibility index (Phi) is 9.20. The lowest BCUT2D eigenvalue weighted by Gasteiger charge is -2.28. The van der Waals surface area contributed by atoms with Crippen molar-refractivity contribution in [2.24, 2.45) is 7.05 Å². The van der Waals surface area contributed by atoms with E-state index in [0.717, 1.165) is 10.2 Å². The predicted octanol–water partition coefficient (Wildman–Crippen LogP) is 4.32. The largest absolute Gasteiger partial charge is 0.481 e. The normalized spacial score (nSPS) is 16.7. The molecule has 2 unspecified atom stereocenters. The van der Waals surface area contributed by atoms with Crippen LogP contribution in [0.5, 0.6) is 5.88 Å². The summed E-state index contributed by atoms with van der Waals surface area (Å²) in [6.07, 6.45) is 1.52. The molecule has 42 heavy (non-hydrogen) atoms. The standard InChI is InChI=1S/C30H29Cl2N5O5/c1-37-30(40)21(11-13-34-37)28(39)35-24-8-4-6-19(27(24)32)18-5-3-7-20(26(18)31)22-10-9-17(29(36-22)41-2)15-33-23-12-14-42-16-25(23)38/h3-11,13,23,25,33,38H,12,14-16H2,1-2H3,(H,35,39). The van der Waals surface area contributed by atoms with Gasteiger partial charge in [0, 0.05) is 54.7 Å². The Balaban J connectivity index is 1.41. The zero-order chi connectivity index (χ0) is 29.8. The first-order valence-electron chi connectivity index (χ1n) is 13.2. The van der Waals surface area contributed by atoms with Gasteiger partial charge in [0.05, 0.1) is 41.2 Å². The Morgan fingerprint density at radius 2 is 1.83 bits per heavy atom. The van der Waals surface area contributed by atoms with E-state index in [1.54, 1.807) is 25.3 Å². The number of ether oxygens (including phenoxy) is 2. The lowest BCUT2D eigenvalue weighted by atomic mass is 10.00. The summed E-state index contributed by atoms with van der Waals surface area (Å²) in [5.74, 6) is -0.165. The van der Waals surface area contributed by atoms with Gasteiger partial charge in [0.25, 0.3) is 11.5 Å². The maximum Gasteiger partial charge on any atom is 0.279 e. The van der Waals surface area contributed by atoms with E-state index < -0.39 is 17.6 Å². The number of anilines is 1. The molecule has 3 heterocycles. The summed E-state index contributed by atoms with van der Waals surface area (Å²) in [6, 6.07) is 15.7. The van der Waals surface area contributed by atoms with E-state index in [1.165, 1.54) is 19.3 Å². The molecule has 0 spiro atoms. The number of methoxy groups -OCH3 is 1. The minimum atomic E-state index is -0.603. The van der Waals surface area contributed by atoms with Crippen LogP contribution >= 0.6 is 23.2 Å². The number of amides is 1. The fourth-order valence-electron chi connectivity index (χ4n) is 4.78. The summed E-state index contributed by atoms with van der Waals surface area (Å²) >= 11 is 13.7. The van der Waals surface area contributed by atoms with Crippen molar-refractivity contribution < 1.29 is 19.4 Å². The molecule has 1 aliphatic rings. The molecule has 1 amide bonds. The second-order valence-electron chi connectivity index (χ2n) is 9.75. The average Bonchev–Trinajstić information content (AvgIpc) is 2.99. The van der Waals surface area contributed by atoms with Crippen LogP contribution in [0.4, 0.5) is 5.69 Å². The number of aliphatic hydroxyl groups is 1. The maximum atomic E-state index is 12.9. The summed E-state index contributed by atoms with van der Waals surface area (Å²) < 4.78 is 12.0. The number of aryl methyl sites for hydroxylation is 1. The molecule has 5 rings (SSSR count). The molecule has 4 aromatic rings. The van der Waals surface area contributed by atoms with Crippen molar-refractivity contribution in [3.05, 3.63) is 92.3 Å². The van der Waals surface area contributed by atoms with Crippen LogP contribution in [-0.2, 0) is 18.3 Å². The molecule has 0 radical (unpaired) electrons. The van der Waals surface area contributed by atoms with Crippen LogP contribution in [-0.4, -0.2) is 58.2 Å². The number of hydrogen-bond donors (Lipinski definition) is 3. The average molecular weight is 610 g/mol. The van der Waals surface area contributed by atoms with Crippen LogP contribution in [0.2, 0.25) is 10.0 Å². The third-order valence-corrected chi connectivity index (χ3v) is 7.89. The second kappa shape index (κ2) is 13.0. The Bertz CT molecular complexity index is 1680. The molecule has 2 aromatic heterocycles. The summed E-state index contributed by atoms with van der Waals surface area (Å²) in [6.45, 7) is 1.37. The minimum absolute atomic E-state index is 0.0587. The Labute approximate surface area is 252 Å². The lowest BCUT2D eigenvalue weighted by molar-refractivity contribution is -0.0281. The molecule has 0 bridgehead atoms. The number of benzene rings is 2. The molecule has 2 atom stereocenters. The van der Waals surface area contributed by atoms with Gasteiger partial charge >= 0.3 is 0 Å². The highest BCUT2D eigenvalue weighted by Crippen LogP contribution is 2.41. The number of nitrogens with one attached hydrogen (secondary N) is 2. The Morgan fingerprint density at radius 3 is 2.60 bits per heavy atom. The van der Waals surface area contributed by atoms with Crippen molar-refractivity contribution in [2.45, 2.75) is 25.1 Å². The Hall–Kier alpha value is -3.80. The smallest absolute Gasteiger partial charge is 0.279 e. The SMILES string of the molecule is COc1nc(-c2cccc(-c3cccc(NC(=O)c4ccnn(C)c4=O)c3Cl)c2Cl)ccc1CNC1CCOCC1O.